The minimum atomic E-state index is -0.189. The first-order valence-corrected chi connectivity index (χ1v) is 9.06. The van der Waals surface area contributed by atoms with Gasteiger partial charge in [-0.3, -0.25) is 4.90 Å². The lowest BCUT2D eigenvalue weighted by molar-refractivity contribution is 0.249. The quantitative estimate of drug-likeness (QED) is 0.561. The maximum atomic E-state index is 13.1. The van der Waals surface area contributed by atoms with Crippen LogP contribution in [-0.4, -0.2) is 50.4 Å². The van der Waals surface area contributed by atoms with Crippen molar-refractivity contribution in [2.75, 3.05) is 31.1 Å². The minimum Gasteiger partial charge on any atom is -0.352 e. The first-order valence-electron chi connectivity index (χ1n) is 9.06. The summed E-state index contributed by atoms with van der Waals surface area (Å²) in [5, 5.41) is 0. The van der Waals surface area contributed by atoms with Gasteiger partial charge in [0.25, 0.3) is 0 Å². The van der Waals surface area contributed by atoms with Gasteiger partial charge in [0.1, 0.15) is 17.7 Å². The first kappa shape index (κ1) is 16.1. The second-order valence-electron chi connectivity index (χ2n) is 6.82. The zero-order valence-corrected chi connectivity index (χ0v) is 14.8. The number of benzene rings is 1. The van der Waals surface area contributed by atoms with Crippen molar-refractivity contribution in [1.82, 2.24) is 24.3 Å². The Morgan fingerprint density at radius 3 is 2.59 bits per heavy atom. The average Bonchev–Trinajstić information content (AvgIpc) is 3.20. The van der Waals surface area contributed by atoms with Crippen molar-refractivity contribution in [2.45, 2.75) is 6.54 Å². The maximum Gasteiger partial charge on any atom is 0.181 e. The Bertz CT molecular complexity index is 1080. The van der Waals surface area contributed by atoms with Crippen LogP contribution in [0.4, 0.5) is 10.2 Å². The van der Waals surface area contributed by atoms with Gasteiger partial charge >= 0.3 is 0 Å². The second kappa shape index (κ2) is 6.59. The molecule has 0 aliphatic carbocycles. The van der Waals surface area contributed by atoms with Crippen LogP contribution in [0, 0.1) is 5.82 Å². The Balaban J connectivity index is 1.37. The van der Waals surface area contributed by atoms with Crippen LogP contribution in [0.3, 0.4) is 0 Å². The first-order chi connectivity index (χ1) is 13.3. The third-order valence-corrected chi connectivity index (χ3v) is 5.11. The number of halogens is 1. The molecule has 0 bridgehead atoms. The molecule has 3 aromatic heterocycles. The van der Waals surface area contributed by atoms with E-state index in [-0.39, 0.29) is 5.82 Å². The summed E-state index contributed by atoms with van der Waals surface area (Å²) >= 11 is 0. The minimum absolute atomic E-state index is 0.189. The van der Waals surface area contributed by atoms with E-state index in [1.807, 2.05) is 24.4 Å². The van der Waals surface area contributed by atoms with Gasteiger partial charge in [0.2, 0.25) is 0 Å². The molecule has 0 spiro atoms. The van der Waals surface area contributed by atoms with E-state index in [4.69, 9.17) is 4.98 Å². The highest BCUT2D eigenvalue weighted by atomic mass is 19.1. The lowest BCUT2D eigenvalue weighted by atomic mass is 10.2. The second-order valence-corrected chi connectivity index (χ2v) is 6.82. The lowest BCUT2D eigenvalue weighted by Gasteiger charge is -2.35. The summed E-state index contributed by atoms with van der Waals surface area (Å²) in [7, 11) is 0. The lowest BCUT2D eigenvalue weighted by Crippen LogP contribution is -2.46. The number of fused-ring (bicyclic) bond motifs is 3. The fraction of sp³-hybridized carbons (Fsp3) is 0.250. The van der Waals surface area contributed by atoms with Crippen molar-refractivity contribution < 1.29 is 4.39 Å². The van der Waals surface area contributed by atoms with E-state index in [9.17, 15) is 4.39 Å². The van der Waals surface area contributed by atoms with E-state index in [1.54, 1.807) is 6.20 Å². The summed E-state index contributed by atoms with van der Waals surface area (Å²) in [5.41, 5.74) is 3.83. The summed E-state index contributed by atoms with van der Waals surface area (Å²) in [6.45, 7) is 4.51. The van der Waals surface area contributed by atoms with E-state index in [0.717, 1.165) is 55.1 Å². The molecule has 5 rings (SSSR count). The van der Waals surface area contributed by atoms with Crippen LogP contribution in [0.25, 0.3) is 16.7 Å². The summed E-state index contributed by atoms with van der Waals surface area (Å²) < 4.78 is 15.2. The van der Waals surface area contributed by atoms with Gasteiger partial charge < -0.3 is 9.30 Å². The molecule has 6 nitrogen and oxygen atoms in total. The van der Waals surface area contributed by atoms with E-state index < -0.39 is 0 Å². The molecule has 1 aliphatic rings. The number of aromatic nitrogens is 4. The molecule has 1 fully saturated rings. The molecule has 0 radical (unpaired) electrons. The largest absolute Gasteiger partial charge is 0.352 e. The van der Waals surface area contributed by atoms with Crippen molar-refractivity contribution in [2.24, 2.45) is 0 Å². The molecule has 1 aliphatic heterocycles. The molecule has 4 heterocycles. The smallest absolute Gasteiger partial charge is 0.181 e. The highest BCUT2D eigenvalue weighted by molar-refractivity contribution is 5.82. The molecular weight excluding hydrogens is 343 g/mol. The van der Waals surface area contributed by atoms with Crippen LogP contribution < -0.4 is 4.90 Å². The Morgan fingerprint density at radius 1 is 0.963 bits per heavy atom. The Labute approximate surface area is 155 Å². The van der Waals surface area contributed by atoms with Crippen molar-refractivity contribution in [3.63, 3.8) is 0 Å². The van der Waals surface area contributed by atoms with E-state index in [1.165, 1.54) is 18.5 Å². The van der Waals surface area contributed by atoms with Crippen LogP contribution >= 0.6 is 0 Å². The summed E-state index contributed by atoms with van der Waals surface area (Å²) in [6, 6.07) is 10.9. The van der Waals surface area contributed by atoms with Gasteiger partial charge in [0.15, 0.2) is 11.5 Å². The third kappa shape index (κ3) is 3.00. The third-order valence-electron chi connectivity index (χ3n) is 5.11. The van der Waals surface area contributed by atoms with Crippen LogP contribution in [0.5, 0.6) is 0 Å². The molecule has 136 valence electrons. The summed E-state index contributed by atoms with van der Waals surface area (Å²) in [5.74, 6) is 0.776. The molecular formula is C20H19FN6. The zero-order valence-electron chi connectivity index (χ0n) is 14.8. The van der Waals surface area contributed by atoms with Crippen molar-refractivity contribution >= 4 is 22.5 Å². The molecule has 4 aromatic rings. The van der Waals surface area contributed by atoms with Gasteiger partial charge in [-0.2, -0.15) is 0 Å². The molecule has 1 saturated heterocycles. The SMILES string of the molecule is Fc1ccc(CN2CCN(c3nc4ncncc4n4cccc34)CC2)cc1. The van der Waals surface area contributed by atoms with Gasteiger partial charge in [-0.15, -0.1) is 0 Å². The monoisotopic (exact) mass is 362 g/mol. The normalized spacial score (nSPS) is 15.7. The standard InChI is InChI=1S/C20H19FN6/c21-16-5-3-15(4-6-16)13-25-8-10-26(11-9-25)20-17-2-1-7-27(17)18-12-22-14-23-19(18)24-20/h1-7,12,14H,8-11,13H2. The van der Waals surface area contributed by atoms with Crippen LogP contribution in [0.2, 0.25) is 0 Å². The molecule has 7 heteroatoms. The van der Waals surface area contributed by atoms with Gasteiger partial charge in [-0.05, 0) is 29.8 Å². The number of hydrogen-bond donors (Lipinski definition) is 0. The van der Waals surface area contributed by atoms with Gasteiger partial charge in [0.05, 0.1) is 11.7 Å². The fourth-order valence-corrected chi connectivity index (χ4v) is 3.70. The topological polar surface area (TPSA) is 49.6 Å². The molecule has 0 saturated carbocycles. The van der Waals surface area contributed by atoms with E-state index in [0.29, 0.717) is 5.65 Å². The van der Waals surface area contributed by atoms with Gasteiger partial charge in [0, 0.05) is 38.9 Å². The highest BCUT2D eigenvalue weighted by Gasteiger charge is 2.21. The molecule has 0 unspecified atom stereocenters. The van der Waals surface area contributed by atoms with E-state index in [2.05, 4.69) is 30.2 Å². The predicted octanol–water partition coefficient (Wildman–Crippen LogP) is 2.74. The van der Waals surface area contributed by atoms with Crippen LogP contribution in [-0.2, 0) is 6.54 Å². The van der Waals surface area contributed by atoms with Crippen molar-refractivity contribution in [3.8, 4) is 0 Å². The molecule has 0 amide bonds. The summed E-state index contributed by atoms with van der Waals surface area (Å²) in [6.07, 6.45) is 5.36. The van der Waals surface area contributed by atoms with Crippen LogP contribution in [0.15, 0.2) is 55.1 Å². The molecule has 0 atom stereocenters. The van der Waals surface area contributed by atoms with Gasteiger partial charge in [-0.25, -0.2) is 19.3 Å². The number of hydrogen-bond acceptors (Lipinski definition) is 5. The number of anilines is 1. The average molecular weight is 362 g/mol. The Morgan fingerprint density at radius 2 is 1.78 bits per heavy atom. The number of nitrogens with zero attached hydrogens (tertiary/aromatic N) is 6. The Hall–Kier alpha value is -3.06. The maximum absolute atomic E-state index is 13.1. The fourth-order valence-electron chi connectivity index (χ4n) is 3.70. The van der Waals surface area contributed by atoms with Crippen molar-refractivity contribution in [3.05, 3.63) is 66.5 Å². The zero-order chi connectivity index (χ0) is 18.2. The molecule has 1 aromatic carbocycles. The van der Waals surface area contributed by atoms with Gasteiger partial charge in [-0.1, -0.05) is 12.1 Å². The highest BCUT2D eigenvalue weighted by Crippen LogP contribution is 2.25. The van der Waals surface area contributed by atoms with Crippen LogP contribution in [0.1, 0.15) is 5.56 Å². The van der Waals surface area contributed by atoms with E-state index >= 15 is 0 Å². The predicted molar refractivity (Wildman–Crippen MR) is 102 cm³/mol. The molecule has 0 N–H and O–H groups in total. The number of piperazine rings is 1. The molecule has 27 heavy (non-hydrogen) atoms. The van der Waals surface area contributed by atoms with Crippen molar-refractivity contribution in [1.29, 1.82) is 0 Å². The Kier molecular flexibility index (Phi) is 3.94. The summed E-state index contributed by atoms with van der Waals surface area (Å²) in [4.78, 5) is 18.0. The number of rotatable bonds is 3.